The quantitative estimate of drug-likeness (QED) is 0.478. The highest BCUT2D eigenvalue weighted by atomic mass is 16.5. The Morgan fingerprint density at radius 2 is 1.69 bits per heavy atom. The molecule has 0 aromatic heterocycles. The van der Waals surface area contributed by atoms with Gasteiger partial charge in [-0.2, -0.15) is 0 Å². The van der Waals surface area contributed by atoms with E-state index in [4.69, 9.17) is 14.6 Å². The number of carboxylic acid groups (broad SMARTS) is 1. The summed E-state index contributed by atoms with van der Waals surface area (Å²) in [6, 6.07) is 16.4. The van der Waals surface area contributed by atoms with Crippen LogP contribution in [-0.2, 0) is 19.1 Å². The summed E-state index contributed by atoms with van der Waals surface area (Å²) in [6.07, 6.45) is 1.58. The average molecular weight is 481 g/mol. The molecular formula is C27H32N2O6. The third-order valence-corrected chi connectivity index (χ3v) is 6.97. The van der Waals surface area contributed by atoms with Gasteiger partial charge in [0.25, 0.3) is 0 Å². The van der Waals surface area contributed by atoms with Crippen LogP contribution in [0.5, 0.6) is 0 Å². The second-order valence-corrected chi connectivity index (χ2v) is 9.25. The van der Waals surface area contributed by atoms with Gasteiger partial charge in [-0.15, -0.1) is 0 Å². The van der Waals surface area contributed by atoms with Gasteiger partial charge in [-0.25, -0.2) is 9.59 Å². The standard InChI is InChI=1S/C27H32N2O6/c1-34-24(26(31)32)12-13-28-25(30)15-17-10-11-18(14-17)29-27(33)35-16-23-21-8-4-2-6-19(21)20-7-3-5-9-22(20)23/h2-9,17-18,23-24H,10-16H2,1H3,(H,28,30)(H,29,33)(H,31,32)/t17-,18+,24?/m0/s1. The smallest absolute Gasteiger partial charge is 0.407 e. The molecule has 1 unspecified atom stereocenters. The molecule has 2 aliphatic rings. The van der Waals surface area contributed by atoms with Gasteiger partial charge in [0.05, 0.1) is 0 Å². The van der Waals surface area contributed by atoms with Crippen LogP contribution in [0.15, 0.2) is 48.5 Å². The fraction of sp³-hybridized carbons (Fsp3) is 0.444. The number of carbonyl (C=O) groups is 3. The Morgan fingerprint density at radius 1 is 1.03 bits per heavy atom. The number of amides is 2. The average Bonchev–Trinajstić information content (AvgIpc) is 3.42. The van der Waals surface area contributed by atoms with Crippen LogP contribution in [-0.4, -0.2) is 55.5 Å². The zero-order valence-corrected chi connectivity index (χ0v) is 19.9. The van der Waals surface area contributed by atoms with Crippen LogP contribution in [0.1, 0.15) is 49.1 Å². The molecule has 0 aliphatic heterocycles. The molecule has 0 heterocycles. The van der Waals surface area contributed by atoms with Crippen molar-refractivity contribution in [2.24, 2.45) is 5.92 Å². The van der Waals surface area contributed by atoms with Crippen LogP contribution in [0.3, 0.4) is 0 Å². The third kappa shape index (κ3) is 6.00. The van der Waals surface area contributed by atoms with Crippen molar-refractivity contribution < 1.29 is 29.0 Å². The van der Waals surface area contributed by atoms with Crippen molar-refractivity contribution in [3.05, 3.63) is 59.7 Å². The summed E-state index contributed by atoms with van der Waals surface area (Å²) in [5.74, 6) is -0.963. The third-order valence-electron chi connectivity index (χ3n) is 6.97. The summed E-state index contributed by atoms with van der Waals surface area (Å²) in [6.45, 7) is 0.523. The monoisotopic (exact) mass is 480 g/mol. The molecule has 8 heteroatoms. The van der Waals surface area contributed by atoms with Crippen molar-refractivity contribution >= 4 is 18.0 Å². The molecule has 2 aromatic rings. The number of hydrogen-bond acceptors (Lipinski definition) is 5. The zero-order chi connectivity index (χ0) is 24.8. The maximum absolute atomic E-state index is 12.5. The first-order valence-corrected chi connectivity index (χ1v) is 12.1. The van der Waals surface area contributed by atoms with Crippen molar-refractivity contribution in [2.45, 2.75) is 50.2 Å². The molecule has 186 valence electrons. The molecule has 0 bridgehead atoms. The van der Waals surface area contributed by atoms with E-state index < -0.39 is 18.2 Å². The van der Waals surface area contributed by atoms with Gasteiger partial charge < -0.3 is 25.2 Å². The van der Waals surface area contributed by atoms with Crippen molar-refractivity contribution in [1.29, 1.82) is 0 Å². The normalized spacial score (nSPS) is 19.5. The summed E-state index contributed by atoms with van der Waals surface area (Å²) in [5.41, 5.74) is 4.73. The zero-order valence-electron chi connectivity index (χ0n) is 19.9. The number of aliphatic carboxylic acids is 1. The molecule has 2 amide bonds. The fourth-order valence-corrected chi connectivity index (χ4v) is 5.22. The van der Waals surface area contributed by atoms with E-state index in [1.807, 2.05) is 24.3 Å². The molecule has 35 heavy (non-hydrogen) atoms. The number of benzene rings is 2. The summed E-state index contributed by atoms with van der Waals surface area (Å²) in [7, 11) is 1.34. The first-order chi connectivity index (χ1) is 17.0. The van der Waals surface area contributed by atoms with Gasteiger partial charge in [-0.05, 0) is 47.4 Å². The minimum absolute atomic E-state index is 0.0201. The molecule has 0 spiro atoms. The van der Waals surface area contributed by atoms with Crippen LogP contribution >= 0.6 is 0 Å². The SMILES string of the molecule is COC(CCNC(=O)C[C@H]1CC[C@@H](NC(=O)OCC2c3ccccc3-c3ccccc32)C1)C(=O)O. The molecule has 4 rings (SSSR count). The first-order valence-electron chi connectivity index (χ1n) is 12.1. The first kappa shape index (κ1) is 24.7. The maximum atomic E-state index is 12.5. The molecule has 0 radical (unpaired) electrons. The number of rotatable bonds is 10. The predicted molar refractivity (Wildman–Crippen MR) is 130 cm³/mol. The Labute approximate surface area is 205 Å². The highest BCUT2D eigenvalue weighted by molar-refractivity contribution is 5.79. The van der Waals surface area contributed by atoms with Gasteiger partial charge in [-0.3, -0.25) is 4.79 Å². The maximum Gasteiger partial charge on any atom is 0.407 e. The topological polar surface area (TPSA) is 114 Å². The molecule has 3 N–H and O–H groups in total. The number of ether oxygens (including phenoxy) is 2. The second-order valence-electron chi connectivity index (χ2n) is 9.25. The lowest BCUT2D eigenvalue weighted by molar-refractivity contribution is -0.149. The van der Waals surface area contributed by atoms with E-state index in [9.17, 15) is 14.4 Å². The van der Waals surface area contributed by atoms with E-state index in [2.05, 4.69) is 34.9 Å². The Morgan fingerprint density at radius 3 is 2.31 bits per heavy atom. The second kappa shape index (κ2) is 11.4. The number of carboxylic acids is 1. The molecule has 3 atom stereocenters. The van der Waals surface area contributed by atoms with Crippen molar-refractivity contribution in [1.82, 2.24) is 10.6 Å². The van der Waals surface area contributed by atoms with E-state index in [0.717, 1.165) is 12.8 Å². The van der Waals surface area contributed by atoms with Crippen LogP contribution in [0, 0.1) is 5.92 Å². The van der Waals surface area contributed by atoms with Crippen molar-refractivity contribution in [3.8, 4) is 11.1 Å². The molecule has 1 fully saturated rings. The van der Waals surface area contributed by atoms with E-state index in [1.165, 1.54) is 29.4 Å². The van der Waals surface area contributed by atoms with Gasteiger partial charge in [0, 0.05) is 38.5 Å². The Kier molecular flexibility index (Phi) is 8.02. The minimum Gasteiger partial charge on any atom is -0.479 e. The van der Waals surface area contributed by atoms with E-state index in [1.54, 1.807) is 0 Å². The number of carbonyl (C=O) groups excluding carboxylic acids is 2. The molecule has 0 saturated heterocycles. The predicted octanol–water partition coefficient (Wildman–Crippen LogP) is 3.69. The van der Waals surface area contributed by atoms with Crippen LogP contribution in [0.25, 0.3) is 11.1 Å². The summed E-state index contributed by atoms with van der Waals surface area (Å²) >= 11 is 0. The lowest BCUT2D eigenvalue weighted by atomic mass is 9.98. The van der Waals surface area contributed by atoms with Gasteiger partial charge in [0.1, 0.15) is 6.61 Å². The summed E-state index contributed by atoms with van der Waals surface area (Å²) < 4.78 is 10.5. The molecular weight excluding hydrogens is 448 g/mol. The fourth-order valence-electron chi connectivity index (χ4n) is 5.22. The number of fused-ring (bicyclic) bond motifs is 3. The largest absolute Gasteiger partial charge is 0.479 e. The van der Waals surface area contributed by atoms with Gasteiger partial charge >= 0.3 is 12.1 Å². The van der Waals surface area contributed by atoms with Gasteiger partial charge in [0.15, 0.2) is 6.10 Å². The van der Waals surface area contributed by atoms with Crippen molar-refractivity contribution in [3.63, 3.8) is 0 Å². The Balaban J connectivity index is 1.20. The lowest BCUT2D eigenvalue weighted by Crippen LogP contribution is -2.34. The van der Waals surface area contributed by atoms with Crippen LogP contribution in [0.2, 0.25) is 0 Å². The molecule has 2 aromatic carbocycles. The molecule has 8 nitrogen and oxygen atoms in total. The van der Waals surface area contributed by atoms with Crippen LogP contribution in [0.4, 0.5) is 4.79 Å². The molecule has 1 saturated carbocycles. The number of methoxy groups -OCH3 is 1. The highest BCUT2D eigenvalue weighted by Gasteiger charge is 2.31. The lowest BCUT2D eigenvalue weighted by Gasteiger charge is -2.17. The summed E-state index contributed by atoms with van der Waals surface area (Å²) in [5, 5.41) is 14.7. The van der Waals surface area contributed by atoms with Gasteiger partial charge in [-0.1, -0.05) is 48.5 Å². The highest BCUT2D eigenvalue weighted by Crippen LogP contribution is 2.44. The van der Waals surface area contributed by atoms with E-state index >= 15 is 0 Å². The van der Waals surface area contributed by atoms with Gasteiger partial charge in [0.2, 0.25) is 5.91 Å². The molecule has 2 aliphatic carbocycles. The minimum atomic E-state index is -1.04. The van der Waals surface area contributed by atoms with E-state index in [0.29, 0.717) is 12.8 Å². The Bertz CT molecular complexity index is 1030. The number of nitrogens with one attached hydrogen (secondary N) is 2. The van der Waals surface area contributed by atoms with E-state index in [-0.39, 0.29) is 43.4 Å². The Hall–Kier alpha value is -3.39. The number of alkyl carbamates (subject to hydrolysis) is 1. The van der Waals surface area contributed by atoms with Crippen LogP contribution < -0.4 is 10.6 Å². The summed E-state index contributed by atoms with van der Waals surface area (Å²) in [4.78, 5) is 35.7. The number of hydrogen-bond donors (Lipinski definition) is 3. The van der Waals surface area contributed by atoms with Crippen molar-refractivity contribution in [2.75, 3.05) is 20.3 Å².